The maximum Gasteiger partial charge on any atom is 0.253 e. The topological polar surface area (TPSA) is 49.9 Å². The number of anilines is 1. The van der Waals surface area contributed by atoms with Crippen LogP contribution in [0.5, 0.6) is 0 Å². The molecule has 0 saturated carbocycles. The van der Waals surface area contributed by atoms with Gasteiger partial charge in [0.2, 0.25) is 5.91 Å². The largest absolute Gasteiger partial charge is 0.363 e. The molecule has 2 aliphatic rings. The van der Waals surface area contributed by atoms with Crippen LogP contribution in [0.2, 0.25) is 5.02 Å². The van der Waals surface area contributed by atoms with Gasteiger partial charge in [-0.15, -0.1) is 0 Å². The van der Waals surface area contributed by atoms with Crippen LogP contribution in [0.4, 0.5) is 5.69 Å². The summed E-state index contributed by atoms with van der Waals surface area (Å²) in [6.07, 6.45) is 1.84. The van der Waals surface area contributed by atoms with Crippen LogP contribution in [0.1, 0.15) is 18.4 Å². The SMILES string of the molecule is O=C(Cc1ccc(Cl)cc1)N1CCC2(CC1)CN(c1ccccc1)C(=O)CO2. The maximum atomic E-state index is 12.6. The second-order valence-corrected chi connectivity index (χ2v) is 7.91. The predicted molar refractivity (Wildman–Crippen MR) is 108 cm³/mol. The number of likely N-dealkylation sites (tertiary alicyclic amines) is 1. The molecule has 146 valence electrons. The number of halogens is 1. The molecule has 2 saturated heterocycles. The van der Waals surface area contributed by atoms with E-state index in [4.69, 9.17) is 16.3 Å². The van der Waals surface area contributed by atoms with Crippen LogP contribution < -0.4 is 4.90 Å². The van der Waals surface area contributed by atoms with Gasteiger partial charge in [-0.2, -0.15) is 0 Å². The minimum atomic E-state index is -0.374. The molecule has 0 N–H and O–H groups in total. The number of carbonyl (C=O) groups is 2. The zero-order chi connectivity index (χ0) is 19.6. The number of nitrogens with zero attached hydrogens (tertiary/aromatic N) is 2. The highest BCUT2D eigenvalue weighted by Gasteiger charge is 2.43. The third-order valence-corrected chi connectivity index (χ3v) is 5.86. The molecule has 1 spiro atoms. The Kier molecular flexibility index (Phi) is 5.38. The lowest BCUT2D eigenvalue weighted by molar-refractivity contribution is -0.150. The fraction of sp³-hybridized carbons (Fsp3) is 0.364. The van der Waals surface area contributed by atoms with Gasteiger partial charge in [0.05, 0.1) is 18.6 Å². The average Bonchev–Trinajstić information content (AvgIpc) is 2.73. The van der Waals surface area contributed by atoms with Crippen LogP contribution in [0.25, 0.3) is 0 Å². The molecule has 4 rings (SSSR count). The van der Waals surface area contributed by atoms with Crippen molar-refractivity contribution in [2.75, 3.05) is 31.1 Å². The number of benzene rings is 2. The van der Waals surface area contributed by atoms with Crippen molar-refractivity contribution < 1.29 is 14.3 Å². The van der Waals surface area contributed by atoms with E-state index in [9.17, 15) is 9.59 Å². The molecule has 0 aromatic heterocycles. The van der Waals surface area contributed by atoms with E-state index >= 15 is 0 Å². The van der Waals surface area contributed by atoms with E-state index in [1.807, 2.05) is 52.3 Å². The standard InChI is InChI=1S/C22H23ClN2O3/c23-18-8-6-17(7-9-18)14-20(26)24-12-10-22(11-13-24)16-25(21(27)15-28-22)19-4-2-1-3-5-19/h1-9H,10-16H2. The normalized spacial score (nSPS) is 19.1. The quantitative estimate of drug-likeness (QED) is 0.797. The lowest BCUT2D eigenvalue weighted by Gasteiger charge is -2.47. The van der Waals surface area contributed by atoms with Crippen LogP contribution >= 0.6 is 11.6 Å². The first-order chi connectivity index (χ1) is 13.5. The molecule has 6 heteroatoms. The van der Waals surface area contributed by atoms with Crippen molar-refractivity contribution in [2.24, 2.45) is 0 Å². The molecule has 0 radical (unpaired) electrons. The fourth-order valence-electron chi connectivity index (χ4n) is 3.91. The average molecular weight is 399 g/mol. The van der Waals surface area contributed by atoms with Crippen molar-refractivity contribution in [3.05, 3.63) is 65.2 Å². The summed E-state index contributed by atoms with van der Waals surface area (Å²) >= 11 is 5.91. The first-order valence-corrected chi connectivity index (χ1v) is 9.94. The van der Waals surface area contributed by atoms with Gasteiger partial charge in [-0.1, -0.05) is 41.9 Å². The van der Waals surface area contributed by atoms with Crippen molar-refractivity contribution in [1.82, 2.24) is 4.90 Å². The molecule has 5 nitrogen and oxygen atoms in total. The first kappa shape index (κ1) is 19.0. The summed E-state index contributed by atoms with van der Waals surface area (Å²) in [5.41, 5.74) is 1.49. The molecular weight excluding hydrogens is 376 g/mol. The second kappa shape index (κ2) is 7.94. The Morgan fingerprint density at radius 1 is 1.04 bits per heavy atom. The molecule has 2 amide bonds. The number of para-hydroxylation sites is 1. The lowest BCUT2D eigenvalue weighted by atomic mass is 9.88. The number of ether oxygens (including phenoxy) is 1. The Hall–Kier alpha value is -2.37. The maximum absolute atomic E-state index is 12.6. The molecule has 0 unspecified atom stereocenters. The van der Waals surface area contributed by atoms with Gasteiger partial charge in [0.25, 0.3) is 5.91 Å². The van der Waals surface area contributed by atoms with Gasteiger partial charge in [0.1, 0.15) is 6.61 Å². The number of piperidine rings is 1. The van der Waals surface area contributed by atoms with Gasteiger partial charge < -0.3 is 14.5 Å². The third kappa shape index (κ3) is 4.05. The summed E-state index contributed by atoms with van der Waals surface area (Å²) in [5, 5.41) is 0.670. The summed E-state index contributed by atoms with van der Waals surface area (Å²) < 4.78 is 5.99. The second-order valence-electron chi connectivity index (χ2n) is 7.47. The van der Waals surface area contributed by atoms with E-state index < -0.39 is 0 Å². The fourth-order valence-corrected chi connectivity index (χ4v) is 4.04. The van der Waals surface area contributed by atoms with Crippen LogP contribution in [0.15, 0.2) is 54.6 Å². The molecular formula is C22H23ClN2O3. The predicted octanol–water partition coefficient (Wildman–Crippen LogP) is 3.31. The van der Waals surface area contributed by atoms with Gasteiger partial charge in [0, 0.05) is 23.8 Å². The first-order valence-electron chi connectivity index (χ1n) is 9.56. The molecule has 28 heavy (non-hydrogen) atoms. The summed E-state index contributed by atoms with van der Waals surface area (Å²) in [7, 11) is 0. The van der Waals surface area contributed by atoms with Gasteiger partial charge in [-0.3, -0.25) is 9.59 Å². The Labute approximate surface area is 169 Å². The van der Waals surface area contributed by atoms with E-state index in [1.165, 1.54) is 0 Å². The monoisotopic (exact) mass is 398 g/mol. The Morgan fingerprint density at radius 2 is 1.71 bits per heavy atom. The Bertz CT molecular complexity index is 846. The number of hydrogen-bond donors (Lipinski definition) is 0. The zero-order valence-electron chi connectivity index (χ0n) is 15.6. The molecule has 0 atom stereocenters. The minimum Gasteiger partial charge on any atom is -0.363 e. The highest BCUT2D eigenvalue weighted by atomic mass is 35.5. The van der Waals surface area contributed by atoms with Crippen molar-refractivity contribution in [3.63, 3.8) is 0 Å². The smallest absolute Gasteiger partial charge is 0.253 e. The van der Waals surface area contributed by atoms with Crippen LogP contribution in [0.3, 0.4) is 0 Å². The molecule has 2 aliphatic heterocycles. The van der Waals surface area contributed by atoms with Crippen LogP contribution in [-0.4, -0.2) is 48.6 Å². The number of amides is 2. The van der Waals surface area contributed by atoms with E-state index in [2.05, 4.69) is 0 Å². The molecule has 2 aromatic carbocycles. The van der Waals surface area contributed by atoms with Gasteiger partial charge in [-0.05, 0) is 42.7 Å². The van der Waals surface area contributed by atoms with Gasteiger partial charge >= 0.3 is 0 Å². The Morgan fingerprint density at radius 3 is 2.39 bits per heavy atom. The Balaban J connectivity index is 1.38. The summed E-state index contributed by atoms with van der Waals surface area (Å²) in [6.45, 7) is 1.91. The number of rotatable bonds is 3. The van der Waals surface area contributed by atoms with Crippen molar-refractivity contribution in [1.29, 1.82) is 0 Å². The van der Waals surface area contributed by atoms with Crippen LogP contribution in [0, 0.1) is 0 Å². The van der Waals surface area contributed by atoms with Gasteiger partial charge in [0.15, 0.2) is 0 Å². The highest BCUT2D eigenvalue weighted by Crippen LogP contribution is 2.33. The lowest BCUT2D eigenvalue weighted by Crippen LogP contribution is -2.59. The minimum absolute atomic E-state index is 0.0157. The van der Waals surface area contributed by atoms with Crippen molar-refractivity contribution >= 4 is 29.1 Å². The summed E-state index contributed by atoms with van der Waals surface area (Å²) in [4.78, 5) is 28.7. The van der Waals surface area contributed by atoms with E-state index in [-0.39, 0.29) is 24.0 Å². The summed E-state index contributed by atoms with van der Waals surface area (Å²) in [6, 6.07) is 17.1. The van der Waals surface area contributed by atoms with E-state index in [0.29, 0.717) is 31.1 Å². The molecule has 2 aromatic rings. The highest BCUT2D eigenvalue weighted by molar-refractivity contribution is 6.30. The molecule has 2 heterocycles. The van der Waals surface area contributed by atoms with E-state index in [1.54, 1.807) is 12.1 Å². The number of morpholine rings is 1. The van der Waals surface area contributed by atoms with E-state index in [0.717, 1.165) is 24.1 Å². The van der Waals surface area contributed by atoms with Gasteiger partial charge in [-0.25, -0.2) is 0 Å². The van der Waals surface area contributed by atoms with Crippen molar-refractivity contribution in [2.45, 2.75) is 24.9 Å². The number of carbonyl (C=O) groups excluding carboxylic acids is 2. The molecule has 0 bridgehead atoms. The molecule has 0 aliphatic carbocycles. The number of hydrogen-bond acceptors (Lipinski definition) is 3. The van der Waals surface area contributed by atoms with Crippen LogP contribution in [-0.2, 0) is 20.7 Å². The van der Waals surface area contributed by atoms with Crippen molar-refractivity contribution in [3.8, 4) is 0 Å². The zero-order valence-corrected chi connectivity index (χ0v) is 16.4. The molecule has 2 fully saturated rings. The summed E-state index contributed by atoms with van der Waals surface area (Å²) in [5.74, 6) is 0.0991. The third-order valence-electron chi connectivity index (χ3n) is 5.61.